The van der Waals surface area contributed by atoms with Crippen molar-refractivity contribution < 1.29 is 5.11 Å². The number of hydrogen-bond acceptors (Lipinski definition) is 2. The van der Waals surface area contributed by atoms with Gasteiger partial charge >= 0.3 is 0 Å². The molecule has 0 aliphatic heterocycles. The van der Waals surface area contributed by atoms with Crippen LogP contribution in [0.4, 0.5) is 0 Å². The third-order valence-corrected chi connectivity index (χ3v) is 1.86. The fourth-order valence-corrected chi connectivity index (χ4v) is 1.02. The van der Waals surface area contributed by atoms with Gasteiger partial charge in [-0.25, -0.2) is 0 Å². The molecule has 0 unspecified atom stereocenters. The largest absolute Gasteiger partial charge is 0.381 e. The Labute approximate surface area is 77.6 Å². The first-order valence-electron chi connectivity index (χ1n) is 4.68. The maximum absolute atomic E-state index is 8.91. The van der Waals surface area contributed by atoms with E-state index in [-0.39, 0.29) is 14.2 Å². The predicted molar refractivity (Wildman–Crippen MR) is 55.2 cm³/mol. The Morgan fingerprint density at radius 2 is 1.42 bits per heavy atom. The van der Waals surface area contributed by atoms with Gasteiger partial charge in [0, 0.05) is 13.1 Å². The van der Waals surface area contributed by atoms with E-state index in [1.54, 1.807) is 0 Å². The summed E-state index contributed by atoms with van der Waals surface area (Å²) in [5.41, 5.74) is 0. The minimum Gasteiger partial charge on any atom is -0.381 e. The molecule has 1 N–H and O–H groups in total. The molecular formula is C10H25NO. The van der Waals surface area contributed by atoms with Crippen molar-refractivity contribution in [3.63, 3.8) is 0 Å². The van der Waals surface area contributed by atoms with Gasteiger partial charge in [0.1, 0.15) is 0 Å². The van der Waals surface area contributed by atoms with Crippen LogP contribution in [0.15, 0.2) is 0 Å². The van der Waals surface area contributed by atoms with E-state index in [1.807, 2.05) is 0 Å². The summed E-state index contributed by atoms with van der Waals surface area (Å²) in [7, 11) is 0. The van der Waals surface area contributed by atoms with E-state index in [0.717, 1.165) is 13.1 Å². The molecule has 0 saturated carbocycles. The van der Waals surface area contributed by atoms with E-state index in [9.17, 15) is 0 Å². The molecule has 0 aromatic rings. The average molecular weight is 175 g/mol. The zero-order valence-corrected chi connectivity index (χ0v) is 7.84. The van der Waals surface area contributed by atoms with Crippen LogP contribution in [0.5, 0.6) is 0 Å². The monoisotopic (exact) mass is 175 g/mol. The number of nitrogens with zero attached hydrogens (tertiary/aromatic N) is 1. The van der Waals surface area contributed by atoms with E-state index in [1.165, 1.54) is 25.7 Å². The second-order valence-corrected chi connectivity index (χ2v) is 2.97. The van der Waals surface area contributed by atoms with Crippen LogP contribution in [0, 0.1) is 0 Å². The molecule has 0 aliphatic rings. The molecule has 0 aromatic carbocycles. The van der Waals surface area contributed by atoms with E-state index in [2.05, 4.69) is 18.7 Å². The van der Waals surface area contributed by atoms with Crippen molar-refractivity contribution in [3.05, 3.63) is 0 Å². The third kappa shape index (κ3) is 8.02. The predicted octanol–water partition coefficient (Wildman–Crippen LogP) is 2.47. The van der Waals surface area contributed by atoms with Crippen molar-refractivity contribution in [2.45, 2.75) is 47.0 Å². The lowest BCUT2D eigenvalue weighted by Gasteiger charge is -2.18. The van der Waals surface area contributed by atoms with Crippen LogP contribution in [0.25, 0.3) is 0 Å². The molecule has 0 saturated heterocycles. The SMILES string of the molecule is C.CCCCN(CO)CCCC. The smallest absolute Gasteiger partial charge is 0.0956 e. The quantitative estimate of drug-likeness (QED) is 0.601. The van der Waals surface area contributed by atoms with Gasteiger partial charge in [0.05, 0.1) is 6.73 Å². The molecule has 0 spiro atoms. The zero-order chi connectivity index (χ0) is 8.53. The lowest BCUT2D eigenvalue weighted by Crippen LogP contribution is -2.26. The fourth-order valence-electron chi connectivity index (χ4n) is 1.02. The Morgan fingerprint density at radius 1 is 1.00 bits per heavy atom. The van der Waals surface area contributed by atoms with Crippen LogP contribution in [0.1, 0.15) is 47.0 Å². The van der Waals surface area contributed by atoms with Gasteiger partial charge in [-0.1, -0.05) is 34.1 Å². The summed E-state index contributed by atoms with van der Waals surface area (Å²) in [6.45, 7) is 6.67. The van der Waals surface area contributed by atoms with Crippen LogP contribution in [-0.2, 0) is 0 Å². The van der Waals surface area contributed by atoms with Crippen molar-refractivity contribution in [1.82, 2.24) is 4.90 Å². The van der Waals surface area contributed by atoms with Gasteiger partial charge < -0.3 is 5.11 Å². The molecular weight excluding hydrogens is 150 g/mol. The normalized spacial score (nSPS) is 10.0. The van der Waals surface area contributed by atoms with E-state index >= 15 is 0 Å². The Kier molecular flexibility index (Phi) is 13.1. The number of hydrogen-bond donors (Lipinski definition) is 1. The average Bonchev–Trinajstić information content (AvgIpc) is 2.05. The first-order valence-corrected chi connectivity index (χ1v) is 4.68. The Morgan fingerprint density at radius 3 is 1.67 bits per heavy atom. The van der Waals surface area contributed by atoms with Crippen molar-refractivity contribution in [2.24, 2.45) is 0 Å². The topological polar surface area (TPSA) is 23.5 Å². The van der Waals surface area contributed by atoms with Crippen LogP contribution in [-0.4, -0.2) is 29.8 Å². The van der Waals surface area contributed by atoms with Crippen LogP contribution in [0.3, 0.4) is 0 Å². The van der Waals surface area contributed by atoms with Crippen LogP contribution < -0.4 is 0 Å². The molecule has 2 heteroatoms. The van der Waals surface area contributed by atoms with Gasteiger partial charge in [-0.15, -0.1) is 0 Å². The van der Waals surface area contributed by atoms with Gasteiger partial charge in [-0.05, 0) is 12.8 Å². The Hall–Kier alpha value is -0.0800. The summed E-state index contributed by atoms with van der Waals surface area (Å²) in [4.78, 5) is 2.10. The molecule has 0 amide bonds. The highest BCUT2D eigenvalue weighted by molar-refractivity contribution is 4.51. The summed E-state index contributed by atoms with van der Waals surface area (Å²) in [5, 5.41) is 8.91. The lowest BCUT2D eigenvalue weighted by molar-refractivity contribution is 0.104. The standard InChI is InChI=1S/C9H21NO.CH4/c1-3-5-7-10(9-11)8-6-4-2;/h11H,3-9H2,1-2H3;1H4. The summed E-state index contributed by atoms with van der Waals surface area (Å²) < 4.78 is 0. The molecule has 2 nitrogen and oxygen atoms in total. The van der Waals surface area contributed by atoms with E-state index in [0.29, 0.717) is 0 Å². The van der Waals surface area contributed by atoms with Crippen LogP contribution in [0.2, 0.25) is 0 Å². The second kappa shape index (κ2) is 10.9. The maximum atomic E-state index is 8.91. The van der Waals surface area contributed by atoms with Gasteiger partial charge in [0.2, 0.25) is 0 Å². The lowest BCUT2D eigenvalue weighted by atomic mass is 10.3. The van der Waals surface area contributed by atoms with Crippen molar-refractivity contribution in [2.75, 3.05) is 19.8 Å². The Balaban J connectivity index is 0. The fraction of sp³-hybridized carbons (Fsp3) is 1.00. The number of aliphatic hydroxyl groups excluding tert-OH is 1. The Bertz CT molecular complexity index is 68.2. The zero-order valence-electron chi connectivity index (χ0n) is 7.84. The molecule has 12 heavy (non-hydrogen) atoms. The van der Waals surface area contributed by atoms with Crippen molar-refractivity contribution in [1.29, 1.82) is 0 Å². The highest BCUT2D eigenvalue weighted by Gasteiger charge is 1.99. The molecule has 0 radical (unpaired) electrons. The molecule has 0 atom stereocenters. The van der Waals surface area contributed by atoms with Gasteiger partial charge in [-0.2, -0.15) is 0 Å². The molecule has 0 heterocycles. The molecule has 76 valence electrons. The first-order chi connectivity index (χ1) is 5.35. The molecule has 0 bridgehead atoms. The highest BCUT2D eigenvalue weighted by atomic mass is 16.3. The number of rotatable bonds is 7. The molecule has 0 rings (SSSR count). The third-order valence-electron chi connectivity index (χ3n) is 1.86. The van der Waals surface area contributed by atoms with Crippen molar-refractivity contribution >= 4 is 0 Å². The van der Waals surface area contributed by atoms with Gasteiger partial charge in [0.15, 0.2) is 0 Å². The van der Waals surface area contributed by atoms with Crippen LogP contribution >= 0.6 is 0 Å². The first kappa shape index (κ1) is 14.4. The molecule has 0 aromatic heterocycles. The summed E-state index contributed by atoms with van der Waals surface area (Å²) in [5.74, 6) is 0. The van der Waals surface area contributed by atoms with E-state index < -0.39 is 0 Å². The van der Waals surface area contributed by atoms with Crippen molar-refractivity contribution in [3.8, 4) is 0 Å². The van der Waals surface area contributed by atoms with E-state index in [4.69, 9.17) is 5.11 Å². The number of unbranched alkanes of at least 4 members (excludes halogenated alkanes) is 2. The minimum absolute atomic E-state index is 0. The van der Waals surface area contributed by atoms with Gasteiger partial charge in [-0.3, -0.25) is 4.90 Å². The molecule has 0 aliphatic carbocycles. The summed E-state index contributed by atoms with van der Waals surface area (Å²) in [6.07, 6.45) is 4.82. The summed E-state index contributed by atoms with van der Waals surface area (Å²) in [6, 6.07) is 0. The number of aliphatic hydroxyl groups is 1. The molecule has 0 fully saturated rings. The minimum atomic E-state index is 0. The van der Waals surface area contributed by atoms with Gasteiger partial charge in [0.25, 0.3) is 0 Å². The maximum Gasteiger partial charge on any atom is 0.0956 e. The summed E-state index contributed by atoms with van der Waals surface area (Å²) >= 11 is 0. The highest BCUT2D eigenvalue weighted by Crippen LogP contribution is 1.96. The second-order valence-electron chi connectivity index (χ2n) is 2.97.